The minimum atomic E-state index is -0.198. The van der Waals surface area contributed by atoms with E-state index in [1.807, 2.05) is 6.07 Å². The van der Waals surface area contributed by atoms with E-state index in [9.17, 15) is 9.59 Å². The average Bonchev–Trinajstić information content (AvgIpc) is 2.46. The molecule has 108 valence electrons. The third-order valence-corrected chi connectivity index (χ3v) is 2.77. The van der Waals surface area contributed by atoms with Gasteiger partial charge in [-0.25, -0.2) is 4.98 Å². The summed E-state index contributed by atoms with van der Waals surface area (Å²) in [6.07, 6.45) is 3.04. The number of nitrogens with zero attached hydrogens (tertiary/aromatic N) is 3. The number of anilines is 1. The molecule has 1 aromatic carbocycles. The maximum Gasteiger partial charge on any atom is 0.253 e. The summed E-state index contributed by atoms with van der Waals surface area (Å²) < 4.78 is 0. The molecule has 0 saturated heterocycles. The van der Waals surface area contributed by atoms with Gasteiger partial charge in [0.1, 0.15) is 0 Å². The van der Waals surface area contributed by atoms with E-state index in [2.05, 4.69) is 15.3 Å². The van der Waals surface area contributed by atoms with Crippen LogP contribution in [0.5, 0.6) is 0 Å². The number of amides is 2. The number of aromatic nitrogens is 2. The molecular weight excluding hydrogens is 268 g/mol. The van der Waals surface area contributed by atoms with Crippen LogP contribution in [-0.4, -0.2) is 40.8 Å². The molecule has 1 aromatic heterocycles. The predicted octanol–water partition coefficient (Wildman–Crippen LogP) is 1.80. The van der Waals surface area contributed by atoms with E-state index in [1.165, 1.54) is 18.0 Å². The van der Waals surface area contributed by atoms with E-state index in [0.717, 1.165) is 5.56 Å². The zero-order valence-corrected chi connectivity index (χ0v) is 12.1. The molecule has 2 amide bonds. The van der Waals surface area contributed by atoms with Gasteiger partial charge in [-0.2, -0.15) is 0 Å². The molecular formula is C15H16N4O2. The van der Waals surface area contributed by atoms with E-state index in [4.69, 9.17) is 0 Å². The lowest BCUT2D eigenvalue weighted by atomic mass is 10.1. The van der Waals surface area contributed by atoms with Crippen LogP contribution in [-0.2, 0) is 4.79 Å². The molecule has 0 spiro atoms. The maximum atomic E-state index is 11.9. The lowest BCUT2D eigenvalue weighted by Crippen LogP contribution is -2.21. The standard InChI is InChI=1S/C15H16N4O2/c1-10(20)18-14-9-16-13(8-17-14)11-5-4-6-12(7-11)15(21)19(2)3/h4-9H,1-3H3,(H,17,18,20). The Labute approximate surface area is 122 Å². The number of carbonyl (C=O) groups is 2. The highest BCUT2D eigenvalue weighted by atomic mass is 16.2. The minimum absolute atomic E-state index is 0.0697. The summed E-state index contributed by atoms with van der Waals surface area (Å²) in [5.74, 6) is 0.127. The fraction of sp³-hybridized carbons (Fsp3) is 0.200. The van der Waals surface area contributed by atoms with Gasteiger partial charge >= 0.3 is 0 Å². The number of nitrogens with one attached hydrogen (secondary N) is 1. The van der Waals surface area contributed by atoms with Crippen molar-refractivity contribution in [3.63, 3.8) is 0 Å². The molecule has 0 radical (unpaired) electrons. The third kappa shape index (κ3) is 3.62. The summed E-state index contributed by atoms with van der Waals surface area (Å²) in [5, 5.41) is 2.55. The van der Waals surface area contributed by atoms with Gasteiger partial charge in [0.2, 0.25) is 5.91 Å². The van der Waals surface area contributed by atoms with E-state index in [-0.39, 0.29) is 11.8 Å². The monoisotopic (exact) mass is 284 g/mol. The summed E-state index contributed by atoms with van der Waals surface area (Å²) in [5.41, 5.74) is 2.02. The highest BCUT2D eigenvalue weighted by molar-refractivity contribution is 5.95. The molecule has 0 bridgehead atoms. The second kappa shape index (κ2) is 6.13. The first kappa shape index (κ1) is 14.6. The molecule has 2 aromatic rings. The zero-order valence-electron chi connectivity index (χ0n) is 12.1. The number of benzene rings is 1. The highest BCUT2D eigenvalue weighted by Crippen LogP contribution is 2.18. The van der Waals surface area contributed by atoms with Gasteiger partial charge in [-0.1, -0.05) is 12.1 Å². The summed E-state index contributed by atoms with van der Waals surface area (Å²) in [6, 6.07) is 7.18. The Hall–Kier alpha value is -2.76. The lowest BCUT2D eigenvalue weighted by Gasteiger charge is -2.11. The summed E-state index contributed by atoms with van der Waals surface area (Å²) in [4.78, 5) is 32.8. The summed E-state index contributed by atoms with van der Waals surface area (Å²) >= 11 is 0. The smallest absolute Gasteiger partial charge is 0.253 e. The van der Waals surface area contributed by atoms with Crippen LogP contribution < -0.4 is 5.32 Å². The third-order valence-electron chi connectivity index (χ3n) is 2.77. The summed E-state index contributed by atoms with van der Waals surface area (Å²) in [7, 11) is 3.41. The Kier molecular flexibility index (Phi) is 4.27. The number of hydrogen-bond acceptors (Lipinski definition) is 4. The molecule has 0 aliphatic carbocycles. The van der Waals surface area contributed by atoms with Crippen molar-refractivity contribution in [3.8, 4) is 11.3 Å². The first-order chi connectivity index (χ1) is 9.97. The van der Waals surface area contributed by atoms with Crippen LogP contribution in [0.15, 0.2) is 36.7 Å². The fourth-order valence-corrected chi connectivity index (χ4v) is 1.79. The van der Waals surface area contributed by atoms with Crippen molar-refractivity contribution in [3.05, 3.63) is 42.2 Å². The topological polar surface area (TPSA) is 75.2 Å². The minimum Gasteiger partial charge on any atom is -0.345 e. The van der Waals surface area contributed by atoms with Crippen molar-refractivity contribution < 1.29 is 9.59 Å². The molecule has 0 atom stereocenters. The maximum absolute atomic E-state index is 11.9. The highest BCUT2D eigenvalue weighted by Gasteiger charge is 2.09. The molecule has 0 saturated carbocycles. The van der Waals surface area contributed by atoms with E-state index < -0.39 is 0 Å². The van der Waals surface area contributed by atoms with Crippen molar-refractivity contribution in [2.45, 2.75) is 6.92 Å². The van der Waals surface area contributed by atoms with Crippen molar-refractivity contribution in [2.24, 2.45) is 0 Å². The molecule has 0 unspecified atom stereocenters. The van der Waals surface area contributed by atoms with Crippen molar-refractivity contribution in [2.75, 3.05) is 19.4 Å². The molecule has 1 N–H and O–H groups in total. The van der Waals surface area contributed by atoms with Gasteiger partial charge in [-0.05, 0) is 12.1 Å². The number of carbonyl (C=O) groups excluding carboxylic acids is 2. The van der Waals surface area contributed by atoms with Crippen LogP contribution in [0.3, 0.4) is 0 Å². The van der Waals surface area contributed by atoms with Gasteiger partial charge < -0.3 is 10.2 Å². The fourth-order valence-electron chi connectivity index (χ4n) is 1.79. The zero-order chi connectivity index (χ0) is 15.4. The first-order valence-corrected chi connectivity index (χ1v) is 6.39. The molecule has 6 heteroatoms. The Morgan fingerprint density at radius 3 is 2.48 bits per heavy atom. The second-order valence-corrected chi connectivity index (χ2v) is 4.75. The van der Waals surface area contributed by atoms with Gasteiger partial charge in [-0.3, -0.25) is 14.6 Å². The van der Waals surface area contributed by atoms with Crippen LogP contribution in [0, 0.1) is 0 Å². The molecule has 0 aliphatic heterocycles. The van der Waals surface area contributed by atoms with Gasteiger partial charge in [0.25, 0.3) is 5.91 Å². The van der Waals surface area contributed by atoms with Crippen molar-refractivity contribution in [1.29, 1.82) is 0 Å². The van der Waals surface area contributed by atoms with E-state index in [0.29, 0.717) is 17.1 Å². The normalized spacial score (nSPS) is 10.0. The van der Waals surface area contributed by atoms with Crippen LogP contribution >= 0.6 is 0 Å². The van der Waals surface area contributed by atoms with Crippen LogP contribution in [0.2, 0.25) is 0 Å². The van der Waals surface area contributed by atoms with Crippen molar-refractivity contribution >= 4 is 17.6 Å². The Morgan fingerprint density at radius 2 is 1.90 bits per heavy atom. The SMILES string of the molecule is CC(=O)Nc1cnc(-c2cccc(C(=O)N(C)C)c2)cn1. The second-order valence-electron chi connectivity index (χ2n) is 4.75. The largest absolute Gasteiger partial charge is 0.345 e. The Balaban J connectivity index is 2.28. The molecule has 2 rings (SSSR count). The summed E-state index contributed by atoms with van der Waals surface area (Å²) in [6.45, 7) is 1.41. The molecule has 21 heavy (non-hydrogen) atoms. The van der Waals surface area contributed by atoms with Crippen molar-refractivity contribution in [1.82, 2.24) is 14.9 Å². The van der Waals surface area contributed by atoms with E-state index in [1.54, 1.807) is 38.5 Å². The van der Waals surface area contributed by atoms with Gasteiger partial charge in [0.15, 0.2) is 5.82 Å². The number of hydrogen-bond donors (Lipinski definition) is 1. The average molecular weight is 284 g/mol. The van der Waals surface area contributed by atoms with Crippen LogP contribution in [0.1, 0.15) is 17.3 Å². The van der Waals surface area contributed by atoms with E-state index >= 15 is 0 Å². The molecule has 6 nitrogen and oxygen atoms in total. The Bertz CT molecular complexity index is 666. The quantitative estimate of drug-likeness (QED) is 0.932. The van der Waals surface area contributed by atoms with Crippen LogP contribution in [0.25, 0.3) is 11.3 Å². The van der Waals surface area contributed by atoms with Gasteiger partial charge in [0.05, 0.1) is 18.1 Å². The van der Waals surface area contributed by atoms with Gasteiger partial charge in [-0.15, -0.1) is 0 Å². The molecule has 1 heterocycles. The lowest BCUT2D eigenvalue weighted by molar-refractivity contribution is -0.114. The molecule has 0 aliphatic rings. The molecule has 0 fully saturated rings. The first-order valence-electron chi connectivity index (χ1n) is 6.39. The predicted molar refractivity (Wildman–Crippen MR) is 79.8 cm³/mol. The van der Waals surface area contributed by atoms with Crippen LogP contribution in [0.4, 0.5) is 5.82 Å². The Morgan fingerprint density at radius 1 is 1.14 bits per heavy atom. The van der Waals surface area contributed by atoms with Gasteiger partial charge in [0, 0.05) is 32.1 Å². The number of rotatable bonds is 3.